The zero-order chi connectivity index (χ0) is 23.0. The second-order valence-corrected chi connectivity index (χ2v) is 7.92. The molecule has 3 N–H and O–H groups in total. The molecule has 0 aliphatic heterocycles. The minimum Gasteiger partial charge on any atom is -0.452 e. The van der Waals surface area contributed by atoms with Crippen LogP contribution >= 0.6 is 0 Å². The first-order chi connectivity index (χ1) is 14.5. The molecular formula is C20H20FN3O6S. The van der Waals surface area contributed by atoms with Crippen molar-refractivity contribution in [1.29, 1.82) is 0 Å². The van der Waals surface area contributed by atoms with E-state index >= 15 is 0 Å². The molecule has 0 saturated carbocycles. The number of esters is 1. The maximum absolute atomic E-state index is 12.9. The summed E-state index contributed by atoms with van der Waals surface area (Å²) >= 11 is 0. The van der Waals surface area contributed by atoms with Crippen molar-refractivity contribution in [2.45, 2.75) is 4.90 Å². The molecule has 31 heavy (non-hydrogen) atoms. The largest absolute Gasteiger partial charge is 0.452 e. The number of carbonyl (C=O) groups is 3. The summed E-state index contributed by atoms with van der Waals surface area (Å²) in [6.45, 7) is -0.867. The van der Waals surface area contributed by atoms with Crippen LogP contribution in [0.3, 0.4) is 0 Å². The molecular weight excluding hydrogens is 429 g/mol. The van der Waals surface area contributed by atoms with Gasteiger partial charge in [-0.3, -0.25) is 9.59 Å². The first-order valence-electron chi connectivity index (χ1n) is 8.81. The minimum atomic E-state index is -3.81. The number of benzene rings is 2. The van der Waals surface area contributed by atoms with Crippen molar-refractivity contribution in [2.75, 3.05) is 25.5 Å². The summed E-state index contributed by atoms with van der Waals surface area (Å²) in [6.07, 6.45) is 2.44. The van der Waals surface area contributed by atoms with Crippen LogP contribution in [0.4, 0.5) is 10.1 Å². The van der Waals surface area contributed by atoms with Crippen LogP contribution in [0.5, 0.6) is 0 Å². The molecule has 0 fully saturated rings. The Morgan fingerprint density at radius 3 is 2.29 bits per heavy atom. The second kappa shape index (κ2) is 10.5. The van der Waals surface area contributed by atoms with E-state index in [0.717, 1.165) is 11.0 Å². The standard InChI is InChI=1S/C20H20FN3O6S/c1-24(12-18(25)23-16-7-5-15(21)6-8-16)19(26)13-30-20(27)11-4-14-2-9-17(10-3-14)31(22,28)29/h2-11H,12-13H2,1H3,(H,23,25)(H2,22,28,29). The summed E-state index contributed by atoms with van der Waals surface area (Å²) in [5.41, 5.74) is 0.895. The number of halogens is 1. The molecule has 164 valence electrons. The van der Waals surface area contributed by atoms with E-state index in [1.165, 1.54) is 61.7 Å². The zero-order valence-electron chi connectivity index (χ0n) is 16.4. The normalized spacial score (nSPS) is 11.2. The third kappa shape index (κ3) is 7.99. The van der Waals surface area contributed by atoms with Crippen molar-refractivity contribution >= 4 is 39.6 Å². The molecule has 0 aliphatic carbocycles. The summed E-state index contributed by atoms with van der Waals surface area (Å²) in [5, 5.41) is 7.51. The fraction of sp³-hybridized carbons (Fsp3) is 0.150. The van der Waals surface area contributed by atoms with Gasteiger partial charge in [0.25, 0.3) is 5.91 Å². The lowest BCUT2D eigenvalue weighted by atomic mass is 10.2. The highest BCUT2D eigenvalue weighted by atomic mass is 32.2. The molecule has 0 heterocycles. The van der Waals surface area contributed by atoms with Crippen LogP contribution in [0.2, 0.25) is 0 Å². The number of likely N-dealkylation sites (N-methyl/N-ethyl adjacent to an activating group) is 1. The van der Waals surface area contributed by atoms with Crippen LogP contribution < -0.4 is 10.5 Å². The molecule has 0 saturated heterocycles. The molecule has 2 amide bonds. The van der Waals surface area contributed by atoms with E-state index in [0.29, 0.717) is 11.3 Å². The number of rotatable bonds is 8. The Morgan fingerprint density at radius 1 is 1.10 bits per heavy atom. The summed E-state index contributed by atoms with van der Waals surface area (Å²) in [4.78, 5) is 36.7. The van der Waals surface area contributed by atoms with Crippen molar-refractivity contribution in [2.24, 2.45) is 5.14 Å². The monoisotopic (exact) mass is 449 g/mol. The van der Waals surface area contributed by atoms with Gasteiger partial charge >= 0.3 is 5.97 Å². The van der Waals surface area contributed by atoms with Gasteiger partial charge in [-0.25, -0.2) is 22.7 Å². The van der Waals surface area contributed by atoms with Gasteiger partial charge in [-0.1, -0.05) is 12.1 Å². The Bertz CT molecular complexity index is 1080. The van der Waals surface area contributed by atoms with Gasteiger partial charge in [0.2, 0.25) is 15.9 Å². The zero-order valence-corrected chi connectivity index (χ0v) is 17.3. The minimum absolute atomic E-state index is 0.0654. The maximum atomic E-state index is 12.9. The lowest BCUT2D eigenvalue weighted by molar-refractivity contribution is -0.148. The highest BCUT2D eigenvalue weighted by Crippen LogP contribution is 2.10. The maximum Gasteiger partial charge on any atom is 0.331 e. The number of nitrogens with one attached hydrogen (secondary N) is 1. The van der Waals surface area contributed by atoms with Crippen molar-refractivity contribution < 1.29 is 31.9 Å². The quantitative estimate of drug-likeness (QED) is 0.458. The van der Waals surface area contributed by atoms with Crippen LogP contribution in [0.15, 0.2) is 59.5 Å². The molecule has 0 unspecified atom stereocenters. The summed E-state index contributed by atoms with van der Waals surface area (Å²) in [5.74, 6) is -2.35. The van der Waals surface area contributed by atoms with Gasteiger partial charge < -0.3 is 15.0 Å². The van der Waals surface area contributed by atoms with Crippen LogP contribution in [0.1, 0.15) is 5.56 Å². The Hall–Kier alpha value is -3.57. The number of ether oxygens (including phenoxy) is 1. The van der Waals surface area contributed by atoms with E-state index in [2.05, 4.69) is 5.32 Å². The number of hydrogen-bond acceptors (Lipinski definition) is 6. The number of primary sulfonamides is 1. The highest BCUT2D eigenvalue weighted by Gasteiger charge is 2.15. The lowest BCUT2D eigenvalue weighted by Crippen LogP contribution is -2.37. The van der Waals surface area contributed by atoms with Crippen molar-refractivity contribution in [3.63, 3.8) is 0 Å². The molecule has 0 aromatic heterocycles. The van der Waals surface area contributed by atoms with Crippen molar-refractivity contribution in [3.05, 3.63) is 66.0 Å². The Labute approximate surface area is 178 Å². The highest BCUT2D eigenvalue weighted by molar-refractivity contribution is 7.89. The van der Waals surface area contributed by atoms with Crippen molar-refractivity contribution in [1.82, 2.24) is 4.90 Å². The number of sulfonamides is 1. The average molecular weight is 449 g/mol. The molecule has 11 heteroatoms. The van der Waals surface area contributed by atoms with Crippen molar-refractivity contribution in [3.8, 4) is 0 Å². The lowest BCUT2D eigenvalue weighted by Gasteiger charge is -2.16. The molecule has 2 rings (SSSR count). The third-order valence-corrected chi connectivity index (χ3v) is 4.82. The van der Waals surface area contributed by atoms with Gasteiger partial charge in [0, 0.05) is 18.8 Å². The smallest absolute Gasteiger partial charge is 0.331 e. The fourth-order valence-corrected chi connectivity index (χ4v) is 2.78. The average Bonchev–Trinajstić information content (AvgIpc) is 2.71. The number of amides is 2. The van der Waals surface area contributed by atoms with Gasteiger partial charge in [-0.05, 0) is 48.0 Å². The molecule has 0 bridgehead atoms. The van der Waals surface area contributed by atoms with E-state index in [9.17, 15) is 27.2 Å². The van der Waals surface area contributed by atoms with E-state index in [-0.39, 0.29) is 11.4 Å². The fourth-order valence-electron chi connectivity index (χ4n) is 2.26. The predicted octanol–water partition coefficient (Wildman–Crippen LogP) is 1.13. The van der Waals surface area contributed by atoms with E-state index in [1.54, 1.807) is 0 Å². The summed E-state index contributed by atoms with van der Waals surface area (Å²) < 4.78 is 40.1. The van der Waals surface area contributed by atoms with Gasteiger partial charge in [-0.15, -0.1) is 0 Å². The molecule has 0 radical (unpaired) electrons. The molecule has 0 spiro atoms. The molecule has 2 aromatic carbocycles. The van der Waals surface area contributed by atoms with Gasteiger partial charge in [0.1, 0.15) is 5.82 Å². The van der Waals surface area contributed by atoms with Gasteiger partial charge in [-0.2, -0.15) is 0 Å². The predicted molar refractivity (Wildman–Crippen MR) is 110 cm³/mol. The Morgan fingerprint density at radius 2 is 1.71 bits per heavy atom. The number of carbonyl (C=O) groups excluding carboxylic acids is 3. The number of anilines is 1. The van der Waals surface area contributed by atoms with Crippen LogP contribution in [0, 0.1) is 5.82 Å². The summed E-state index contributed by atoms with van der Waals surface area (Å²) in [7, 11) is -2.44. The topological polar surface area (TPSA) is 136 Å². The number of nitrogens with zero attached hydrogens (tertiary/aromatic N) is 1. The van der Waals surface area contributed by atoms with E-state index in [4.69, 9.17) is 9.88 Å². The van der Waals surface area contributed by atoms with Gasteiger partial charge in [0.15, 0.2) is 6.61 Å². The SMILES string of the molecule is CN(CC(=O)Nc1ccc(F)cc1)C(=O)COC(=O)C=Cc1ccc(S(N)(=O)=O)cc1. The molecule has 0 aliphatic rings. The van der Waals surface area contributed by atoms with E-state index in [1.807, 2.05) is 0 Å². The third-order valence-electron chi connectivity index (χ3n) is 3.89. The number of nitrogens with two attached hydrogens (primary N) is 1. The Kier molecular flexibility index (Phi) is 8.00. The molecule has 9 nitrogen and oxygen atoms in total. The molecule has 0 atom stereocenters. The first-order valence-corrected chi connectivity index (χ1v) is 10.4. The second-order valence-electron chi connectivity index (χ2n) is 6.36. The van der Waals surface area contributed by atoms with Gasteiger partial charge in [0.05, 0.1) is 11.4 Å². The van der Waals surface area contributed by atoms with E-state index < -0.39 is 40.2 Å². The Balaban J connectivity index is 1.78. The van der Waals surface area contributed by atoms with Crippen LogP contribution in [0.25, 0.3) is 6.08 Å². The number of hydrogen-bond donors (Lipinski definition) is 2. The van der Waals surface area contributed by atoms with Crippen LogP contribution in [-0.2, 0) is 29.1 Å². The first kappa shape index (κ1) is 23.7. The summed E-state index contributed by atoms with van der Waals surface area (Å²) in [6, 6.07) is 10.6. The van der Waals surface area contributed by atoms with Crippen LogP contribution in [-0.4, -0.2) is 51.3 Å². The molecule has 2 aromatic rings.